The molecule has 3 heterocycles. The molecule has 0 saturated heterocycles. The third kappa shape index (κ3) is 3.75. The van der Waals surface area contributed by atoms with E-state index in [1.165, 1.54) is 0 Å². The molecule has 0 fully saturated rings. The summed E-state index contributed by atoms with van der Waals surface area (Å²) < 4.78 is 2.76. The van der Waals surface area contributed by atoms with Gasteiger partial charge in [0.25, 0.3) is 11.5 Å². The number of aromatic hydroxyl groups is 1. The van der Waals surface area contributed by atoms with Crippen molar-refractivity contribution in [3.63, 3.8) is 0 Å². The number of hydrogen-bond acceptors (Lipinski definition) is 7. The molecule has 0 spiro atoms. The summed E-state index contributed by atoms with van der Waals surface area (Å²) in [6.07, 6.45) is 3.14. The van der Waals surface area contributed by atoms with Gasteiger partial charge in [-0.15, -0.1) is 20.4 Å². The smallest absolute Gasteiger partial charge is 0.279 e. The minimum atomic E-state index is -0.509. The Balaban J connectivity index is 2.11. The molecule has 148 valence electrons. The summed E-state index contributed by atoms with van der Waals surface area (Å²) in [6.45, 7) is 12.9. The van der Waals surface area contributed by atoms with Crippen LogP contribution in [0.5, 0.6) is 5.88 Å². The highest BCUT2D eigenvalue weighted by atomic mass is 16.3. The summed E-state index contributed by atoms with van der Waals surface area (Å²) in [5, 5.41) is 26.5. The summed E-state index contributed by atoms with van der Waals surface area (Å²) in [7, 11) is 0. The van der Waals surface area contributed by atoms with Crippen molar-refractivity contribution in [2.24, 2.45) is 10.2 Å². The Morgan fingerprint density at radius 3 is 2.69 bits per heavy atom. The highest BCUT2D eigenvalue weighted by molar-refractivity contribution is 5.67. The maximum atomic E-state index is 12.9. The molecule has 29 heavy (non-hydrogen) atoms. The molecule has 0 aliphatic heterocycles. The van der Waals surface area contributed by atoms with E-state index in [0.717, 1.165) is 11.0 Å². The lowest BCUT2D eigenvalue weighted by Crippen LogP contribution is -2.20. The lowest BCUT2D eigenvalue weighted by Gasteiger charge is -2.12. The molecule has 0 aromatic carbocycles. The van der Waals surface area contributed by atoms with Crippen LogP contribution in [0.4, 0.5) is 17.3 Å². The first-order valence-corrected chi connectivity index (χ1v) is 9.08. The zero-order chi connectivity index (χ0) is 21.0. The molecular formula is C19H20N8O2. The van der Waals surface area contributed by atoms with Gasteiger partial charge in [-0.3, -0.25) is 9.36 Å². The predicted molar refractivity (Wildman–Crippen MR) is 106 cm³/mol. The van der Waals surface area contributed by atoms with Crippen molar-refractivity contribution in [1.29, 1.82) is 0 Å². The van der Waals surface area contributed by atoms with Gasteiger partial charge in [0.1, 0.15) is 17.3 Å². The van der Waals surface area contributed by atoms with Gasteiger partial charge in [-0.05, 0) is 38.0 Å². The second kappa shape index (κ2) is 8.43. The van der Waals surface area contributed by atoms with Crippen LogP contribution in [0.1, 0.15) is 31.2 Å². The Morgan fingerprint density at radius 2 is 2.03 bits per heavy atom. The molecule has 0 aliphatic carbocycles. The quantitative estimate of drug-likeness (QED) is 0.504. The third-order valence-corrected chi connectivity index (χ3v) is 4.40. The van der Waals surface area contributed by atoms with Crippen LogP contribution >= 0.6 is 0 Å². The van der Waals surface area contributed by atoms with E-state index in [1.807, 2.05) is 13.0 Å². The van der Waals surface area contributed by atoms with Crippen molar-refractivity contribution >= 4 is 17.3 Å². The van der Waals surface area contributed by atoms with Crippen LogP contribution in [0, 0.1) is 20.4 Å². The van der Waals surface area contributed by atoms with Gasteiger partial charge in [0.05, 0.1) is 6.57 Å². The lowest BCUT2D eigenvalue weighted by atomic mass is 10.2. The summed E-state index contributed by atoms with van der Waals surface area (Å²) >= 11 is 0. The molecule has 10 nitrogen and oxygen atoms in total. The van der Waals surface area contributed by atoms with Gasteiger partial charge < -0.3 is 5.11 Å². The predicted octanol–water partition coefficient (Wildman–Crippen LogP) is 3.91. The number of hydrogen-bond donors (Lipinski definition) is 1. The topological polar surface area (TPSA) is 115 Å². The van der Waals surface area contributed by atoms with Gasteiger partial charge in [0.2, 0.25) is 5.69 Å². The standard InChI is InChI=1S/C19H20N8O2/c1-5-6-11-26-17(28)15(20-4)12(2)16(18(26)29)23-25-19-24-22-13(3)27(19)14-9-7-8-10-21-14/h7-10,28H,5-6,11H2,1-3H3. The zero-order valence-corrected chi connectivity index (χ0v) is 16.4. The molecule has 0 atom stereocenters. The SMILES string of the molecule is [C-]#[N+]c1c(C)c(N=Nc2nnc(C)n2-c2ccccn2)c(=O)n(CCCC)c1O. The number of aryl methyl sites for hydroxylation is 1. The zero-order valence-electron chi connectivity index (χ0n) is 16.4. The largest absolute Gasteiger partial charge is 0.503 e. The lowest BCUT2D eigenvalue weighted by molar-refractivity contribution is 0.405. The summed E-state index contributed by atoms with van der Waals surface area (Å²) in [5.74, 6) is 0.927. The molecule has 3 aromatic heterocycles. The van der Waals surface area contributed by atoms with Gasteiger partial charge in [0, 0.05) is 12.7 Å². The van der Waals surface area contributed by atoms with Crippen molar-refractivity contribution in [1.82, 2.24) is 24.3 Å². The number of azo groups is 1. The normalized spacial score (nSPS) is 11.1. The highest BCUT2D eigenvalue weighted by Crippen LogP contribution is 2.34. The van der Waals surface area contributed by atoms with Crippen molar-refractivity contribution in [3.05, 3.63) is 57.6 Å². The van der Waals surface area contributed by atoms with Crippen LogP contribution in [0.3, 0.4) is 0 Å². The summed E-state index contributed by atoms with van der Waals surface area (Å²) in [5.41, 5.74) is -0.278. The summed E-state index contributed by atoms with van der Waals surface area (Å²) in [6, 6.07) is 5.38. The van der Waals surface area contributed by atoms with Crippen molar-refractivity contribution in [3.8, 4) is 11.7 Å². The molecule has 3 rings (SSSR count). The van der Waals surface area contributed by atoms with E-state index in [0.29, 0.717) is 18.1 Å². The van der Waals surface area contributed by atoms with Crippen LogP contribution in [0.25, 0.3) is 10.7 Å². The molecule has 0 bridgehead atoms. The third-order valence-electron chi connectivity index (χ3n) is 4.40. The van der Waals surface area contributed by atoms with E-state index in [4.69, 9.17) is 6.57 Å². The fraction of sp³-hybridized carbons (Fsp3) is 0.316. The van der Waals surface area contributed by atoms with Crippen molar-refractivity contribution in [2.45, 2.75) is 40.2 Å². The molecular weight excluding hydrogens is 372 g/mol. The van der Waals surface area contributed by atoms with Crippen molar-refractivity contribution < 1.29 is 5.11 Å². The first kappa shape index (κ1) is 19.9. The molecule has 0 unspecified atom stereocenters. The minimum Gasteiger partial charge on any atom is -0.503 e. The number of aromatic nitrogens is 5. The molecule has 10 heteroatoms. The van der Waals surface area contributed by atoms with Crippen LogP contribution in [0.2, 0.25) is 0 Å². The van der Waals surface area contributed by atoms with Gasteiger partial charge in [-0.2, -0.15) is 0 Å². The Bertz CT molecular complexity index is 1160. The maximum Gasteiger partial charge on any atom is 0.279 e. The Morgan fingerprint density at radius 1 is 1.24 bits per heavy atom. The van der Waals surface area contributed by atoms with Crippen LogP contribution in [-0.4, -0.2) is 29.4 Å². The van der Waals surface area contributed by atoms with Crippen LogP contribution in [0.15, 0.2) is 39.4 Å². The Kier molecular flexibility index (Phi) is 5.78. The van der Waals surface area contributed by atoms with E-state index >= 15 is 0 Å². The number of rotatable bonds is 6. The Hall–Kier alpha value is -3.87. The number of unbranched alkanes of at least 4 members (excludes halogenated alkanes) is 1. The molecule has 3 aromatic rings. The highest BCUT2D eigenvalue weighted by Gasteiger charge is 2.19. The molecule has 0 radical (unpaired) electrons. The average molecular weight is 392 g/mol. The maximum absolute atomic E-state index is 12.9. The fourth-order valence-corrected chi connectivity index (χ4v) is 2.83. The number of nitrogens with zero attached hydrogens (tertiary/aromatic N) is 8. The molecule has 1 N–H and O–H groups in total. The first-order chi connectivity index (χ1) is 14.0. The van der Waals surface area contributed by atoms with Gasteiger partial charge in [-0.25, -0.2) is 14.4 Å². The first-order valence-electron chi connectivity index (χ1n) is 9.08. The molecule has 0 aliphatic rings. The number of pyridine rings is 2. The average Bonchev–Trinajstić information content (AvgIpc) is 3.09. The van der Waals surface area contributed by atoms with E-state index in [9.17, 15) is 9.90 Å². The second-order valence-corrected chi connectivity index (χ2v) is 6.34. The summed E-state index contributed by atoms with van der Waals surface area (Å²) in [4.78, 5) is 20.5. The molecule has 0 amide bonds. The monoisotopic (exact) mass is 392 g/mol. The van der Waals surface area contributed by atoms with E-state index in [2.05, 4.69) is 30.3 Å². The van der Waals surface area contributed by atoms with E-state index < -0.39 is 5.56 Å². The van der Waals surface area contributed by atoms with Crippen LogP contribution in [-0.2, 0) is 6.54 Å². The van der Waals surface area contributed by atoms with E-state index in [1.54, 1.807) is 36.7 Å². The van der Waals surface area contributed by atoms with Crippen LogP contribution < -0.4 is 5.56 Å². The van der Waals surface area contributed by atoms with E-state index in [-0.39, 0.29) is 35.3 Å². The Labute approximate surface area is 167 Å². The molecule has 0 saturated carbocycles. The second-order valence-electron chi connectivity index (χ2n) is 6.34. The fourth-order valence-electron chi connectivity index (χ4n) is 2.83. The van der Waals surface area contributed by atoms with Gasteiger partial charge in [-0.1, -0.05) is 19.4 Å². The van der Waals surface area contributed by atoms with Crippen molar-refractivity contribution in [2.75, 3.05) is 0 Å². The van der Waals surface area contributed by atoms with Gasteiger partial charge >= 0.3 is 0 Å². The minimum absolute atomic E-state index is 0.0156. The van der Waals surface area contributed by atoms with Gasteiger partial charge in [0.15, 0.2) is 5.88 Å².